The molecule has 0 atom stereocenters. The van der Waals surface area contributed by atoms with E-state index in [9.17, 15) is 26.7 Å². The number of piperidine rings is 1. The number of benzene rings is 2. The van der Waals surface area contributed by atoms with Crippen LogP contribution in [0.5, 0.6) is 0 Å². The number of aromatic amines is 2. The van der Waals surface area contributed by atoms with Gasteiger partial charge in [0.25, 0.3) is 0 Å². The largest absolute Gasteiger partial charge is 0.417 e. The van der Waals surface area contributed by atoms with Crippen LogP contribution < -0.4 is 4.90 Å². The van der Waals surface area contributed by atoms with E-state index in [2.05, 4.69) is 15.0 Å². The molecule has 0 unspecified atom stereocenters. The number of carbonyl (C=O) groups is 1. The quantitative estimate of drug-likeness (QED) is 0.275. The molecule has 0 bridgehead atoms. The number of hydrogen-bond acceptors (Lipinski definition) is 4. The van der Waals surface area contributed by atoms with Crippen molar-refractivity contribution in [1.82, 2.24) is 15.0 Å². The van der Waals surface area contributed by atoms with E-state index in [1.54, 1.807) is 17.0 Å². The molecule has 0 aliphatic carbocycles. The van der Waals surface area contributed by atoms with Crippen molar-refractivity contribution in [2.45, 2.75) is 24.7 Å². The molecule has 6 nitrogen and oxygen atoms in total. The lowest BCUT2D eigenvalue weighted by Gasteiger charge is -2.34. The second-order valence-electron chi connectivity index (χ2n) is 8.65. The first-order chi connectivity index (χ1) is 17.1. The number of H-pyrrole nitrogens is 2. The maximum atomic E-state index is 14.9. The van der Waals surface area contributed by atoms with Gasteiger partial charge in [-0.3, -0.25) is 4.79 Å². The van der Waals surface area contributed by atoms with Gasteiger partial charge in [-0.15, -0.1) is 0 Å². The second kappa shape index (κ2) is 8.48. The lowest BCUT2D eigenvalue weighted by Crippen LogP contribution is -2.41. The van der Waals surface area contributed by atoms with Crippen molar-refractivity contribution in [3.63, 3.8) is 0 Å². The van der Waals surface area contributed by atoms with E-state index >= 15 is 0 Å². The molecule has 4 aromatic rings. The Kier molecular flexibility index (Phi) is 5.54. The number of hydrogen-bond donors (Lipinski definition) is 2. The van der Waals surface area contributed by atoms with E-state index in [-0.39, 0.29) is 48.5 Å². The van der Waals surface area contributed by atoms with Crippen LogP contribution in [0.1, 0.15) is 34.3 Å². The van der Waals surface area contributed by atoms with Crippen LogP contribution in [0.2, 0.25) is 0 Å². The number of halogens is 5. The van der Waals surface area contributed by atoms with E-state index < -0.39 is 34.6 Å². The van der Waals surface area contributed by atoms with Gasteiger partial charge in [0.15, 0.2) is 23.1 Å². The average molecular weight is 499 g/mol. The van der Waals surface area contributed by atoms with Crippen molar-refractivity contribution in [3.8, 4) is 17.6 Å². The number of ketones is 1. The van der Waals surface area contributed by atoms with Gasteiger partial charge in [-0.05, 0) is 24.3 Å². The summed E-state index contributed by atoms with van der Waals surface area (Å²) >= 11 is 0. The van der Waals surface area contributed by atoms with Crippen LogP contribution >= 0.6 is 0 Å². The molecule has 11 heteroatoms. The maximum absolute atomic E-state index is 14.9. The number of aromatic nitrogens is 3. The van der Waals surface area contributed by atoms with Crippen molar-refractivity contribution < 1.29 is 26.7 Å². The van der Waals surface area contributed by atoms with E-state index in [4.69, 9.17) is 5.26 Å². The van der Waals surface area contributed by atoms with E-state index in [1.807, 2.05) is 0 Å². The zero-order chi connectivity index (χ0) is 25.7. The number of alkyl halides is 4. The van der Waals surface area contributed by atoms with Crippen molar-refractivity contribution in [2.24, 2.45) is 0 Å². The third kappa shape index (κ3) is 4.19. The summed E-state index contributed by atoms with van der Waals surface area (Å²) in [6, 6.07) is 10.5. The number of anilines is 1. The normalized spacial score (nSPS) is 15.7. The number of fused-ring (bicyclic) bond motifs is 1. The summed E-state index contributed by atoms with van der Waals surface area (Å²) in [5.74, 6) is -1.25. The number of carbonyl (C=O) groups excluding carboxylic acids is 1. The molecule has 1 aliphatic rings. The highest BCUT2D eigenvalue weighted by Crippen LogP contribution is 2.34. The number of rotatable bonds is 4. The third-order valence-corrected chi connectivity index (χ3v) is 6.32. The SMILES string of the molecule is N#CC1(F)CCN(c2cc(F)c3nc(-c4cc(C(=O)c5ccccc5C(F)(F)F)c[nH]4)[nH]c3c2)CC1. The topological polar surface area (TPSA) is 88.6 Å². The van der Waals surface area contributed by atoms with Crippen molar-refractivity contribution in [3.05, 3.63) is 71.2 Å². The van der Waals surface area contributed by atoms with Crippen LogP contribution in [0.15, 0.2) is 48.7 Å². The first-order valence-corrected chi connectivity index (χ1v) is 11.0. The average Bonchev–Trinajstić information content (AvgIpc) is 3.51. The zero-order valence-electron chi connectivity index (χ0n) is 18.6. The summed E-state index contributed by atoms with van der Waals surface area (Å²) in [7, 11) is 0. The minimum absolute atomic E-state index is 0.00807. The van der Waals surface area contributed by atoms with E-state index in [1.165, 1.54) is 30.5 Å². The lowest BCUT2D eigenvalue weighted by atomic mass is 9.94. The van der Waals surface area contributed by atoms with Gasteiger partial charge in [-0.25, -0.2) is 13.8 Å². The van der Waals surface area contributed by atoms with Gasteiger partial charge in [-0.2, -0.15) is 18.4 Å². The monoisotopic (exact) mass is 499 g/mol. The Labute approximate surface area is 201 Å². The van der Waals surface area contributed by atoms with Crippen LogP contribution in [0, 0.1) is 17.1 Å². The molecule has 2 aromatic carbocycles. The van der Waals surface area contributed by atoms with Gasteiger partial charge >= 0.3 is 6.18 Å². The number of nitrogens with zero attached hydrogens (tertiary/aromatic N) is 3. The van der Waals surface area contributed by atoms with Crippen LogP contribution in [0.25, 0.3) is 22.6 Å². The Bertz CT molecular complexity index is 1510. The molecule has 1 aliphatic heterocycles. The van der Waals surface area contributed by atoms with Gasteiger partial charge < -0.3 is 14.9 Å². The van der Waals surface area contributed by atoms with Gasteiger partial charge in [0, 0.05) is 48.9 Å². The third-order valence-electron chi connectivity index (χ3n) is 6.32. The Morgan fingerprint density at radius 2 is 1.86 bits per heavy atom. The fourth-order valence-corrected chi connectivity index (χ4v) is 4.35. The first-order valence-electron chi connectivity index (χ1n) is 11.0. The molecule has 2 aromatic heterocycles. The van der Waals surface area contributed by atoms with E-state index in [0.717, 1.165) is 12.1 Å². The van der Waals surface area contributed by atoms with Crippen molar-refractivity contribution >= 4 is 22.5 Å². The Morgan fingerprint density at radius 1 is 1.14 bits per heavy atom. The maximum Gasteiger partial charge on any atom is 0.417 e. The zero-order valence-corrected chi connectivity index (χ0v) is 18.6. The standard InChI is InChI=1S/C25H18F5N5O/c26-18-10-15(35-7-5-24(27,13-31)6-8-35)11-19-21(18)34-23(33-19)20-9-14(12-32-20)22(36)16-3-1-2-4-17(16)25(28,29)30/h1-4,9-12,32H,5-8H2,(H,33,34). The molecule has 0 amide bonds. The van der Waals surface area contributed by atoms with E-state index in [0.29, 0.717) is 11.2 Å². The summed E-state index contributed by atoms with van der Waals surface area (Å²) in [6.45, 7) is 0.495. The fourth-order valence-electron chi connectivity index (χ4n) is 4.35. The molecular formula is C25H18F5N5O. The predicted octanol–water partition coefficient (Wildman–Crippen LogP) is 5.78. The molecular weight excluding hydrogens is 481 g/mol. The molecule has 1 saturated heterocycles. The van der Waals surface area contributed by atoms with Gasteiger partial charge in [-0.1, -0.05) is 18.2 Å². The van der Waals surface area contributed by atoms with Crippen molar-refractivity contribution in [2.75, 3.05) is 18.0 Å². The Balaban J connectivity index is 1.43. The first kappa shape index (κ1) is 23.5. The highest BCUT2D eigenvalue weighted by Gasteiger charge is 2.36. The van der Waals surface area contributed by atoms with Crippen LogP contribution in [0.4, 0.5) is 27.6 Å². The minimum Gasteiger partial charge on any atom is -0.371 e. The highest BCUT2D eigenvalue weighted by molar-refractivity contribution is 6.10. The lowest BCUT2D eigenvalue weighted by molar-refractivity contribution is -0.137. The molecule has 1 fully saturated rings. The van der Waals surface area contributed by atoms with Crippen LogP contribution in [0.3, 0.4) is 0 Å². The summed E-state index contributed by atoms with van der Waals surface area (Å²) in [6.07, 6.45) is -3.40. The fraction of sp³-hybridized carbons (Fsp3) is 0.240. The second-order valence-corrected chi connectivity index (χ2v) is 8.65. The summed E-state index contributed by atoms with van der Waals surface area (Å²) in [5.41, 5.74) is -2.24. The molecule has 3 heterocycles. The predicted molar refractivity (Wildman–Crippen MR) is 122 cm³/mol. The summed E-state index contributed by atoms with van der Waals surface area (Å²) in [5, 5.41) is 8.96. The molecule has 0 radical (unpaired) electrons. The number of nitriles is 1. The molecule has 0 saturated carbocycles. The Hall–Kier alpha value is -4.20. The molecule has 5 rings (SSSR count). The van der Waals surface area contributed by atoms with Gasteiger partial charge in [0.05, 0.1) is 16.8 Å². The summed E-state index contributed by atoms with van der Waals surface area (Å²) in [4.78, 5) is 24.6. The number of imidazole rings is 1. The van der Waals surface area contributed by atoms with Crippen molar-refractivity contribution in [1.29, 1.82) is 5.26 Å². The molecule has 36 heavy (non-hydrogen) atoms. The van der Waals surface area contributed by atoms with Gasteiger partial charge in [0.2, 0.25) is 0 Å². The molecule has 184 valence electrons. The van der Waals surface area contributed by atoms with Crippen LogP contribution in [-0.2, 0) is 6.18 Å². The minimum atomic E-state index is -4.69. The van der Waals surface area contributed by atoms with Gasteiger partial charge in [0.1, 0.15) is 11.6 Å². The van der Waals surface area contributed by atoms with Crippen LogP contribution in [-0.4, -0.2) is 39.5 Å². The Morgan fingerprint density at radius 3 is 2.56 bits per heavy atom. The highest BCUT2D eigenvalue weighted by atomic mass is 19.4. The molecule has 2 N–H and O–H groups in total. The smallest absolute Gasteiger partial charge is 0.371 e. The molecule has 0 spiro atoms. The summed E-state index contributed by atoms with van der Waals surface area (Å²) < 4.78 is 69.0. The number of nitrogens with one attached hydrogen (secondary N) is 2.